The van der Waals surface area contributed by atoms with Gasteiger partial charge < -0.3 is 20.1 Å². The molecule has 4 rings (SSSR count). The first-order chi connectivity index (χ1) is 17.8. The van der Waals surface area contributed by atoms with E-state index in [4.69, 9.17) is 0 Å². The number of aliphatic carboxylic acids is 1. The van der Waals surface area contributed by atoms with Gasteiger partial charge >= 0.3 is 29.6 Å². The summed E-state index contributed by atoms with van der Waals surface area (Å²) in [5.74, 6) is -1.08. The Kier molecular flexibility index (Phi) is 11.1. The Bertz CT molecular complexity index is 1350. The van der Waals surface area contributed by atoms with Gasteiger partial charge in [0.15, 0.2) is 0 Å². The van der Waals surface area contributed by atoms with Gasteiger partial charge in [-0.1, -0.05) is 111 Å². The number of carboxylic acids is 1. The summed E-state index contributed by atoms with van der Waals surface area (Å²) < 4.78 is 0. The Balaban J connectivity index is 0.00000400. The van der Waals surface area contributed by atoms with E-state index in [1.165, 1.54) is 4.88 Å². The van der Waals surface area contributed by atoms with Crippen LogP contribution in [0.15, 0.2) is 91.0 Å². The smallest absolute Gasteiger partial charge is 0.550 e. The fourth-order valence-corrected chi connectivity index (χ4v) is 5.75. The predicted molar refractivity (Wildman–Crippen MR) is 150 cm³/mol. The van der Waals surface area contributed by atoms with Crippen LogP contribution in [0.3, 0.4) is 0 Å². The average Bonchev–Trinajstić information content (AvgIpc) is 3.28. The summed E-state index contributed by atoms with van der Waals surface area (Å²) in [6.07, 6.45) is 0.832. The van der Waals surface area contributed by atoms with Gasteiger partial charge in [0.25, 0.3) is 0 Å². The molecule has 1 aromatic heterocycles. The van der Waals surface area contributed by atoms with Gasteiger partial charge in [-0.15, -0.1) is 11.3 Å². The van der Waals surface area contributed by atoms with E-state index in [1.54, 1.807) is 17.4 Å². The molecular formula is C32H31NaO4S. The van der Waals surface area contributed by atoms with Crippen molar-refractivity contribution in [3.05, 3.63) is 101 Å². The van der Waals surface area contributed by atoms with Gasteiger partial charge in [-0.05, 0) is 33.7 Å². The number of hydrogen-bond donors (Lipinski definition) is 2. The van der Waals surface area contributed by atoms with Crippen LogP contribution in [0.1, 0.15) is 43.0 Å². The zero-order chi connectivity index (χ0) is 26.4. The van der Waals surface area contributed by atoms with E-state index in [0.29, 0.717) is 0 Å². The molecule has 0 amide bonds. The van der Waals surface area contributed by atoms with Crippen LogP contribution in [0.2, 0.25) is 0 Å². The molecule has 0 unspecified atom stereocenters. The van der Waals surface area contributed by atoms with Crippen LogP contribution in [-0.2, 0) is 4.79 Å². The summed E-state index contributed by atoms with van der Waals surface area (Å²) in [6.45, 7) is 4.31. The number of carboxylic acid groups (broad SMARTS) is 1. The van der Waals surface area contributed by atoms with Gasteiger partial charge in [0.2, 0.25) is 0 Å². The minimum Gasteiger partial charge on any atom is -0.550 e. The number of thiophene rings is 1. The van der Waals surface area contributed by atoms with Crippen molar-refractivity contribution < 1.29 is 49.7 Å². The maximum Gasteiger partial charge on any atom is 1.00 e. The van der Waals surface area contributed by atoms with Crippen molar-refractivity contribution in [1.82, 2.24) is 0 Å². The third-order valence-corrected chi connectivity index (χ3v) is 7.77. The van der Waals surface area contributed by atoms with Crippen molar-refractivity contribution in [3.63, 3.8) is 0 Å². The molecule has 6 heteroatoms. The van der Waals surface area contributed by atoms with Crippen molar-refractivity contribution >= 4 is 23.4 Å². The van der Waals surface area contributed by atoms with Crippen LogP contribution in [0, 0.1) is 0 Å². The summed E-state index contributed by atoms with van der Waals surface area (Å²) >= 11 is 1.75. The van der Waals surface area contributed by atoms with Crippen LogP contribution < -0.4 is 34.7 Å². The van der Waals surface area contributed by atoms with E-state index in [-0.39, 0.29) is 41.9 Å². The molecule has 0 fully saturated rings. The molecule has 0 aliphatic carbocycles. The largest absolute Gasteiger partial charge is 1.00 e. The van der Waals surface area contributed by atoms with Crippen molar-refractivity contribution in [3.8, 4) is 32.7 Å². The van der Waals surface area contributed by atoms with Crippen LogP contribution in [-0.4, -0.2) is 28.4 Å². The summed E-state index contributed by atoms with van der Waals surface area (Å²) in [5, 5.41) is 31.2. The summed E-state index contributed by atoms with van der Waals surface area (Å²) in [4.78, 5) is 13.1. The topological polar surface area (TPSA) is 80.6 Å². The fraction of sp³-hybridized carbons (Fsp3) is 0.219. The molecule has 0 aliphatic heterocycles. The third kappa shape index (κ3) is 7.54. The monoisotopic (exact) mass is 534 g/mol. The SMILES string of the molecule is CC(C)c1sc(-c2ccccc2)c(-c2ccc(-c3ccccc3)cc2)c1/C=C/[C@@H](O)C[C@@H](O)CC(=O)[O-].[Na+]. The molecule has 0 spiro atoms. The number of aliphatic hydroxyl groups is 2. The second-order valence-electron chi connectivity index (χ2n) is 9.44. The summed E-state index contributed by atoms with van der Waals surface area (Å²) in [5.41, 5.74) is 6.62. The van der Waals surface area contributed by atoms with E-state index >= 15 is 0 Å². The van der Waals surface area contributed by atoms with Gasteiger partial charge in [-0.3, -0.25) is 0 Å². The standard InChI is InChI=1S/C32H32O4S.Na/c1-21(2)31-28(18-17-26(33)19-27(34)20-29(35)36)30(32(37-31)25-11-7-4-8-12-25)24-15-13-23(14-16-24)22-9-5-3-6-10-22;/h3-18,21,26-27,33-34H,19-20H2,1-2H3,(H,35,36);/q;+1/p-1/b18-17+;/t26-,27-;/m1./s1. The van der Waals surface area contributed by atoms with E-state index in [0.717, 1.165) is 38.3 Å². The van der Waals surface area contributed by atoms with E-state index in [9.17, 15) is 20.1 Å². The molecule has 2 atom stereocenters. The molecule has 38 heavy (non-hydrogen) atoms. The second kappa shape index (κ2) is 14.0. The average molecular weight is 535 g/mol. The Labute approximate surface area is 250 Å². The van der Waals surface area contributed by atoms with Crippen molar-refractivity contribution in [2.24, 2.45) is 0 Å². The van der Waals surface area contributed by atoms with Gasteiger partial charge in [0.1, 0.15) is 0 Å². The molecule has 0 radical (unpaired) electrons. The molecule has 2 N–H and O–H groups in total. The minimum atomic E-state index is -1.34. The molecule has 0 saturated heterocycles. The minimum absolute atomic E-state index is 0. The fourth-order valence-electron chi connectivity index (χ4n) is 4.44. The Hall–Kier alpha value is -2.51. The Morgan fingerprint density at radius 1 is 0.842 bits per heavy atom. The molecular weight excluding hydrogens is 503 g/mol. The van der Waals surface area contributed by atoms with Gasteiger partial charge in [0.05, 0.1) is 12.2 Å². The zero-order valence-electron chi connectivity index (χ0n) is 22.0. The van der Waals surface area contributed by atoms with Crippen LogP contribution in [0.25, 0.3) is 38.8 Å². The van der Waals surface area contributed by atoms with E-state index < -0.39 is 24.6 Å². The van der Waals surface area contributed by atoms with Crippen molar-refractivity contribution in [2.45, 2.75) is 44.8 Å². The van der Waals surface area contributed by atoms with Crippen molar-refractivity contribution in [1.29, 1.82) is 0 Å². The van der Waals surface area contributed by atoms with Crippen LogP contribution in [0.5, 0.6) is 0 Å². The summed E-state index contributed by atoms with van der Waals surface area (Å²) in [7, 11) is 0. The first-order valence-electron chi connectivity index (χ1n) is 12.5. The molecule has 0 aliphatic rings. The van der Waals surface area contributed by atoms with E-state index in [1.807, 2.05) is 42.5 Å². The molecule has 0 bridgehead atoms. The maximum absolute atomic E-state index is 10.8. The quantitative estimate of drug-likeness (QED) is 0.307. The second-order valence-corrected chi connectivity index (χ2v) is 10.5. The van der Waals surface area contributed by atoms with Gasteiger partial charge in [-0.2, -0.15) is 0 Å². The third-order valence-electron chi connectivity index (χ3n) is 6.22. The summed E-state index contributed by atoms with van der Waals surface area (Å²) in [6, 6.07) is 29.1. The number of hydrogen-bond acceptors (Lipinski definition) is 5. The molecule has 3 aromatic carbocycles. The molecule has 190 valence electrons. The maximum atomic E-state index is 10.8. The number of carbonyl (C=O) groups excluding carboxylic acids is 1. The predicted octanol–water partition coefficient (Wildman–Crippen LogP) is 3.14. The van der Waals surface area contributed by atoms with Crippen LogP contribution >= 0.6 is 11.3 Å². The number of aliphatic hydroxyl groups excluding tert-OH is 2. The number of carbonyl (C=O) groups is 1. The molecule has 4 aromatic rings. The van der Waals surface area contributed by atoms with Crippen LogP contribution in [0.4, 0.5) is 0 Å². The Morgan fingerprint density at radius 3 is 1.92 bits per heavy atom. The normalized spacial score (nSPS) is 12.9. The van der Waals surface area contributed by atoms with Gasteiger partial charge in [-0.25, -0.2) is 0 Å². The molecule has 4 nitrogen and oxygen atoms in total. The molecule has 0 saturated carbocycles. The first-order valence-corrected chi connectivity index (χ1v) is 13.3. The van der Waals surface area contributed by atoms with E-state index in [2.05, 4.69) is 62.4 Å². The Morgan fingerprint density at radius 2 is 1.37 bits per heavy atom. The number of benzene rings is 3. The number of rotatable bonds is 10. The molecule has 1 heterocycles. The first kappa shape index (κ1) is 30.0. The zero-order valence-corrected chi connectivity index (χ0v) is 24.8. The van der Waals surface area contributed by atoms with Crippen molar-refractivity contribution in [2.75, 3.05) is 0 Å². The van der Waals surface area contributed by atoms with Gasteiger partial charge in [0, 0.05) is 34.1 Å².